The fourth-order valence-electron chi connectivity index (χ4n) is 1.16. The molecule has 14 heavy (non-hydrogen) atoms. The van der Waals surface area contributed by atoms with Crippen molar-refractivity contribution in [2.45, 2.75) is 13.3 Å². The molecule has 0 radical (unpaired) electrons. The third kappa shape index (κ3) is 2.81. The van der Waals surface area contributed by atoms with Crippen molar-refractivity contribution in [3.8, 4) is 0 Å². The summed E-state index contributed by atoms with van der Waals surface area (Å²) in [5.41, 5.74) is 0.834. The second-order valence-electron chi connectivity index (χ2n) is 2.76. The largest absolute Gasteiger partial charge is 0.477 e. The van der Waals surface area contributed by atoms with Gasteiger partial charge in [-0.15, -0.1) is 0 Å². The van der Waals surface area contributed by atoms with Gasteiger partial charge in [-0.05, 0) is 25.0 Å². The lowest BCUT2D eigenvalue weighted by Crippen LogP contribution is -2.07. The van der Waals surface area contributed by atoms with E-state index < -0.39 is 5.97 Å². The Bertz CT molecular complexity index is 312. The Morgan fingerprint density at radius 1 is 1.64 bits per heavy atom. The van der Waals surface area contributed by atoms with Crippen molar-refractivity contribution < 1.29 is 14.6 Å². The molecule has 1 aromatic heterocycles. The Labute approximate surface area is 82.5 Å². The van der Waals surface area contributed by atoms with Gasteiger partial charge in [0.05, 0.1) is 6.61 Å². The predicted octanol–water partition coefficient (Wildman–Crippen LogP) is 1.36. The van der Waals surface area contributed by atoms with Crippen LogP contribution in [0.5, 0.6) is 0 Å². The maximum atomic E-state index is 10.8. The smallest absolute Gasteiger partial charge is 0.354 e. The number of hydrogen-bond donors (Lipinski definition) is 1. The van der Waals surface area contributed by atoms with Gasteiger partial charge in [-0.3, -0.25) is 0 Å². The number of aromatic nitrogens is 1. The fraction of sp³-hybridized carbons (Fsp3) is 0.400. The SMILES string of the molecule is CCOCCc1cccnc1C(=O)O. The highest BCUT2D eigenvalue weighted by atomic mass is 16.5. The molecule has 0 atom stereocenters. The predicted molar refractivity (Wildman–Crippen MR) is 51.4 cm³/mol. The van der Waals surface area contributed by atoms with Crippen molar-refractivity contribution in [3.63, 3.8) is 0 Å². The van der Waals surface area contributed by atoms with Gasteiger partial charge in [0.1, 0.15) is 0 Å². The molecule has 0 fully saturated rings. The summed E-state index contributed by atoms with van der Waals surface area (Å²) in [5.74, 6) is -0.989. The number of nitrogens with zero attached hydrogens (tertiary/aromatic N) is 1. The van der Waals surface area contributed by atoms with Gasteiger partial charge in [0.2, 0.25) is 0 Å². The minimum absolute atomic E-state index is 0.118. The van der Waals surface area contributed by atoms with Crippen LogP contribution in [-0.2, 0) is 11.2 Å². The van der Waals surface area contributed by atoms with Crippen molar-refractivity contribution in [1.29, 1.82) is 0 Å². The molecule has 0 aromatic carbocycles. The zero-order chi connectivity index (χ0) is 10.4. The van der Waals surface area contributed by atoms with Gasteiger partial charge in [-0.1, -0.05) is 6.07 Å². The molecule has 1 heterocycles. The minimum atomic E-state index is -0.989. The lowest BCUT2D eigenvalue weighted by molar-refractivity contribution is 0.0688. The van der Waals surface area contributed by atoms with E-state index >= 15 is 0 Å². The van der Waals surface area contributed by atoms with Crippen molar-refractivity contribution in [3.05, 3.63) is 29.6 Å². The highest BCUT2D eigenvalue weighted by Crippen LogP contribution is 2.06. The van der Waals surface area contributed by atoms with E-state index in [0.29, 0.717) is 25.2 Å². The van der Waals surface area contributed by atoms with Gasteiger partial charge < -0.3 is 9.84 Å². The van der Waals surface area contributed by atoms with Crippen LogP contribution in [0.15, 0.2) is 18.3 Å². The van der Waals surface area contributed by atoms with E-state index in [2.05, 4.69) is 4.98 Å². The van der Waals surface area contributed by atoms with Crippen molar-refractivity contribution >= 4 is 5.97 Å². The summed E-state index contributed by atoms with van der Waals surface area (Å²) >= 11 is 0. The molecule has 4 nitrogen and oxygen atoms in total. The lowest BCUT2D eigenvalue weighted by atomic mass is 10.1. The molecule has 0 amide bonds. The van der Waals surface area contributed by atoms with Crippen LogP contribution in [-0.4, -0.2) is 29.3 Å². The molecule has 0 aliphatic carbocycles. The summed E-state index contributed by atoms with van der Waals surface area (Å²) in [6.07, 6.45) is 2.07. The summed E-state index contributed by atoms with van der Waals surface area (Å²) in [5, 5.41) is 8.82. The minimum Gasteiger partial charge on any atom is -0.477 e. The molecule has 0 aliphatic rings. The molecule has 0 saturated carbocycles. The first-order valence-electron chi connectivity index (χ1n) is 4.50. The zero-order valence-corrected chi connectivity index (χ0v) is 8.06. The monoisotopic (exact) mass is 195 g/mol. The summed E-state index contributed by atoms with van der Waals surface area (Å²) < 4.78 is 5.15. The lowest BCUT2D eigenvalue weighted by Gasteiger charge is -2.04. The standard InChI is InChI=1S/C10H13NO3/c1-2-14-7-5-8-4-3-6-11-9(8)10(12)13/h3-4,6H,2,5,7H2,1H3,(H,12,13). The quantitative estimate of drug-likeness (QED) is 0.720. The Balaban J connectivity index is 2.69. The molecule has 1 rings (SSSR count). The first kappa shape index (κ1) is 10.7. The van der Waals surface area contributed by atoms with Crippen molar-refractivity contribution in [2.24, 2.45) is 0 Å². The number of ether oxygens (including phenoxy) is 1. The maximum absolute atomic E-state index is 10.8. The number of aromatic carboxylic acids is 1. The number of pyridine rings is 1. The van der Waals surface area contributed by atoms with Crippen LogP contribution in [0.3, 0.4) is 0 Å². The molecule has 4 heteroatoms. The fourth-order valence-corrected chi connectivity index (χ4v) is 1.16. The number of carbonyl (C=O) groups is 1. The van der Waals surface area contributed by atoms with E-state index in [1.54, 1.807) is 12.1 Å². The van der Waals surface area contributed by atoms with E-state index in [9.17, 15) is 4.79 Å². The van der Waals surface area contributed by atoms with Gasteiger partial charge >= 0.3 is 5.97 Å². The van der Waals surface area contributed by atoms with Gasteiger partial charge in [-0.25, -0.2) is 9.78 Å². The Hall–Kier alpha value is -1.42. The number of carboxylic acid groups (broad SMARTS) is 1. The number of hydrogen-bond acceptors (Lipinski definition) is 3. The van der Waals surface area contributed by atoms with Crippen LogP contribution in [0.25, 0.3) is 0 Å². The van der Waals surface area contributed by atoms with E-state index in [0.717, 1.165) is 0 Å². The maximum Gasteiger partial charge on any atom is 0.354 e. The van der Waals surface area contributed by atoms with Gasteiger partial charge in [0.25, 0.3) is 0 Å². The second kappa shape index (κ2) is 5.34. The summed E-state index contributed by atoms with van der Waals surface area (Å²) in [4.78, 5) is 14.6. The average molecular weight is 195 g/mol. The van der Waals surface area contributed by atoms with Gasteiger partial charge in [0.15, 0.2) is 5.69 Å². The van der Waals surface area contributed by atoms with E-state index in [-0.39, 0.29) is 5.69 Å². The molecular weight excluding hydrogens is 182 g/mol. The molecule has 0 spiro atoms. The molecule has 1 N–H and O–H groups in total. The molecule has 0 aliphatic heterocycles. The van der Waals surface area contributed by atoms with Crippen LogP contribution >= 0.6 is 0 Å². The number of carboxylic acids is 1. The molecule has 0 bridgehead atoms. The number of rotatable bonds is 5. The topological polar surface area (TPSA) is 59.4 Å². The van der Waals surface area contributed by atoms with E-state index in [4.69, 9.17) is 9.84 Å². The molecule has 76 valence electrons. The van der Waals surface area contributed by atoms with Gasteiger partial charge in [-0.2, -0.15) is 0 Å². The van der Waals surface area contributed by atoms with Gasteiger partial charge in [0, 0.05) is 12.8 Å². The average Bonchev–Trinajstić information content (AvgIpc) is 2.19. The van der Waals surface area contributed by atoms with Crippen LogP contribution < -0.4 is 0 Å². The van der Waals surface area contributed by atoms with Crippen molar-refractivity contribution in [1.82, 2.24) is 4.98 Å². The van der Waals surface area contributed by atoms with Crippen LogP contribution in [0, 0.1) is 0 Å². The first-order valence-corrected chi connectivity index (χ1v) is 4.50. The Kier molecular flexibility index (Phi) is 4.07. The molecule has 0 unspecified atom stereocenters. The summed E-state index contributed by atoms with van der Waals surface area (Å²) in [7, 11) is 0. The Morgan fingerprint density at radius 3 is 3.07 bits per heavy atom. The van der Waals surface area contributed by atoms with E-state index in [1.165, 1.54) is 6.20 Å². The normalized spacial score (nSPS) is 10.1. The molecule has 0 saturated heterocycles. The highest BCUT2D eigenvalue weighted by molar-refractivity contribution is 5.86. The third-order valence-electron chi connectivity index (χ3n) is 1.81. The van der Waals surface area contributed by atoms with Crippen LogP contribution in [0.1, 0.15) is 23.0 Å². The van der Waals surface area contributed by atoms with Crippen molar-refractivity contribution in [2.75, 3.05) is 13.2 Å². The zero-order valence-electron chi connectivity index (χ0n) is 8.06. The second-order valence-corrected chi connectivity index (χ2v) is 2.76. The first-order chi connectivity index (χ1) is 6.75. The van der Waals surface area contributed by atoms with Crippen LogP contribution in [0.2, 0.25) is 0 Å². The van der Waals surface area contributed by atoms with Crippen LogP contribution in [0.4, 0.5) is 0 Å². The summed E-state index contributed by atoms with van der Waals surface area (Å²) in [6.45, 7) is 3.08. The molecule has 1 aromatic rings. The summed E-state index contributed by atoms with van der Waals surface area (Å²) in [6, 6.07) is 3.49. The third-order valence-corrected chi connectivity index (χ3v) is 1.81. The highest BCUT2D eigenvalue weighted by Gasteiger charge is 2.09. The molecular formula is C10H13NO3. The Morgan fingerprint density at radius 2 is 2.43 bits per heavy atom. The van der Waals surface area contributed by atoms with E-state index in [1.807, 2.05) is 6.92 Å².